The number of H-pyrrole nitrogens is 1. The molecule has 0 spiro atoms. The van der Waals surface area contributed by atoms with Gasteiger partial charge in [0.1, 0.15) is 5.82 Å². The molecule has 14 heavy (non-hydrogen) atoms. The second-order valence-corrected chi connectivity index (χ2v) is 3.07. The van der Waals surface area contributed by atoms with Crippen LogP contribution in [0, 0.1) is 5.82 Å². The van der Waals surface area contributed by atoms with Gasteiger partial charge in [0.2, 0.25) is 0 Å². The lowest BCUT2D eigenvalue weighted by Crippen LogP contribution is -1.99. The van der Waals surface area contributed by atoms with Crippen LogP contribution in [0.2, 0.25) is 0 Å². The summed E-state index contributed by atoms with van der Waals surface area (Å²) in [5.74, 6) is -1.30. The minimum Gasteiger partial charge on any atom is -0.481 e. The molecular formula is C10H8FNO2. The molecule has 3 nitrogen and oxygen atoms in total. The summed E-state index contributed by atoms with van der Waals surface area (Å²) in [6, 6.07) is 6.31. The molecule has 0 amide bonds. The van der Waals surface area contributed by atoms with Crippen molar-refractivity contribution in [3.05, 3.63) is 35.8 Å². The zero-order valence-electron chi connectivity index (χ0n) is 7.25. The van der Waals surface area contributed by atoms with Crippen LogP contribution in [-0.4, -0.2) is 16.1 Å². The molecule has 2 N–H and O–H groups in total. The first-order chi connectivity index (χ1) is 6.66. The van der Waals surface area contributed by atoms with E-state index in [1.165, 1.54) is 6.07 Å². The molecule has 2 aromatic rings. The van der Waals surface area contributed by atoms with Gasteiger partial charge in [-0.25, -0.2) is 4.39 Å². The number of aromatic nitrogens is 1. The van der Waals surface area contributed by atoms with E-state index in [1.54, 1.807) is 18.2 Å². The Morgan fingerprint density at radius 1 is 1.50 bits per heavy atom. The highest BCUT2D eigenvalue weighted by atomic mass is 19.1. The number of carboxylic acid groups (broad SMARTS) is 1. The maximum atomic E-state index is 13.2. The van der Waals surface area contributed by atoms with E-state index < -0.39 is 5.97 Å². The summed E-state index contributed by atoms with van der Waals surface area (Å²) in [7, 11) is 0. The molecule has 0 unspecified atom stereocenters. The minimum absolute atomic E-state index is 0.117. The number of benzene rings is 1. The molecule has 0 aliphatic rings. The molecule has 4 heteroatoms. The summed E-state index contributed by atoms with van der Waals surface area (Å²) in [6.45, 7) is 0. The number of hydrogen-bond acceptors (Lipinski definition) is 1. The molecule has 0 atom stereocenters. The number of carboxylic acids is 1. The Morgan fingerprint density at radius 2 is 2.29 bits per heavy atom. The standard InChI is InChI=1S/C10H8FNO2/c11-8-3-1-2-6-4-7(5-9(13)14)12-10(6)8/h1-4,12H,5H2,(H,13,14). The third kappa shape index (κ3) is 1.46. The van der Waals surface area contributed by atoms with Crippen molar-refractivity contribution in [1.29, 1.82) is 0 Å². The van der Waals surface area contributed by atoms with Gasteiger partial charge in [-0.15, -0.1) is 0 Å². The fourth-order valence-corrected chi connectivity index (χ4v) is 1.44. The highest BCUT2D eigenvalue weighted by Crippen LogP contribution is 2.18. The Bertz CT molecular complexity index is 490. The Balaban J connectivity index is 2.51. The van der Waals surface area contributed by atoms with Gasteiger partial charge >= 0.3 is 5.97 Å². The van der Waals surface area contributed by atoms with Gasteiger partial charge in [-0.05, 0) is 12.1 Å². The van der Waals surface area contributed by atoms with E-state index in [-0.39, 0.29) is 12.2 Å². The number of carbonyl (C=O) groups is 1. The van der Waals surface area contributed by atoms with Crippen LogP contribution in [-0.2, 0) is 11.2 Å². The van der Waals surface area contributed by atoms with E-state index in [2.05, 4.69) is 4.98 Å². The molecule has 0 radical (unpaired) electrons. The molecule has 0 aliphatic carbocycles. The average Bonchev–Trinajstić information content (AvgIpc) is 2.47. The van der Waals surface area contributed by atoms with Gasteiger partial charge < -0.3 is 10.1 Å². The molecule has 1 aromatic carbocycles. The van der Waals surface area contributed by atoms with E-state index in [9.17, 15) is 9.18 Å². The summed E-state index contributed by atoms with van der Waals surface area (Å²) in [6.07, 6.45) is -0.117. The van der Waals surface area contributed by atoms with E-state index >= 15 is 0 Å². The minimum atomic E-state index is -0.933. The summed E-state index contributed by atoms with van der Waals surface area (Å²) in [5, 5.41) is 9.24. The number of aromatic amines is 1. The van der Waals surface area contributed by atoms with E-state index in [4.69, 9.17) is 5.11 Å². The maximum absolute atomic E-state index is 13.2. The molecule has 72 valence electrons. The van der Waals surface area contributed by atoms with E-state index in [0.29, 0.717) is 16.6 Å². The Kier molecular flexibility index (Phi) is 1.96. The van der Waals surface area contributed by atoms with Gasteiger partial charge in [-0.2, -0.15) is 0 Å². The Morgan fingerprint density at radius 3 is 2.93 bits per heavy atom. The quantitative estimate of drug-likeness (QED) is 0.765. The number of para-hydroxylation sites is 1. The summed E-state index contributed by atoms with van der Waals surface area (Å²) in [4.78, 5) is 13.2. The first kappa shape index (κ1) is 8.74. The normalized spacial score (nSPS) is 10.6. The predicted octanol–water partition coefficient (Wildman–Crippen LogP) is 1.93. The van der Waals surface area contributed by atoms with E-state index in [0.717, 1.165) is 0 Å². The number of nitrogens with one attached hydrogen (secondary N) is 1. The number of rotatable bonds is 2. The predicted molar refractivity (Wildman–Crippen MR) is 49.6 cm³/mol. The summed E-state index contributed by atoms with van der Waals surface area (Å²) >= 11 is 0. The van der Waals surface area contributed by atoms with Gasteiger partial charge in [0.25, 0.3) is 0 Å². The summed E-state index contributed by atoms with van der Waals surface area (Å²) < 4.78 is 13.2. The Labute approximate surface area is 79.2 Å². The number of aliphatic carboxylic acids is 1. The smallest absolute Gasteiger partial charge is 0.309 e. The van der Waals surface area contributed by atoms with Crippen molar-refractivity contribution < 1.29 is 14.3 Å². The summed E-state index contributed by atoms with van der Waals surface area (Å²) in [5.41, 5.74) is 0.876. The molecule has 1 heterocycles. The zero-order valence-corrected chi connectivity index (χ0v) is 7.25. The van der Waals surface area contributed by atoms with Crippen molar-refractivity contribution in [1.82, 2.24) is 4.98 Å². The lowest BCUT2D eigenvalue weighted by molar-refractivity contribution is -0.136. The van der Waals surface area contributed by atoms with Crippen molar-refractivity contribution in [3.8, 4) is 0 Å². The number of fused-ring (bicyclic) bond motifs is 1. The van der Waals surface area contributed by atoms with Gasteiger partial charge in [-0.1, -0.05) is 12.1 Å². The van der Waals surface area contributed by atoms with Crippen molar-refractivity contribution in [3.63, 3.8) is 0 Å². The van der Waals surface area contributed by atoms with Crippen LogP contribution in [0.5, 0.6) is 0 Å². The van der Waals surface area contributed by atoms with Crippen molar-refractivity contribution in [2.75, 3.05) is 0 Å². The van der Waals surface area contributed by atoms with Gasteiger partial charge in [0.05, 0.1) is 11.9 Å². The molecule has 0 aliphatic heterocycles. The molecular weight excluding hydrogens is 185 g/mol. The molecule has 2 rings (SSSR count). The lowest BCUT2D eigenvalue weighted by atomic mass is 10.2. The van der Waals surface area contributed by atoms with Crippen LogP contribution in [0.25, 0.3) is 10.9 Å². The maximum Gasteiger partial charge on any atom is 0.309 e. The highest BCUT2D eigenvalue weighted by Gasteiger charge is 2.07. The largest absolute Gasteiger partial charge is 0.481 e. The van der Waals surface area contributed by atoms with Gasteiger partial charge in [0, 0.05) is 11.1 Å². The van der Waals surface area contributed by atoms with Crippen LogP contribution in [0.4, 0.5) is 4.39 Å². The van der Waals surface area contributed by atoms with Gasteiger partial charge in [0.15, 0.2) is 0 Å². The molecule has 0 saturated heterocycles. The van der Waals surface area contributed by atoms with Crippen LogP contribution < -0.4 is 0 Å². The average molecular weight is 193 g/mol. The van der Waals surface area contributed by atoms with Crippen molar-refractivity contribution in [2.45, 2.75) is 6.42 Å². The van der Waals surface area contributed by atoms with Crippen LogP contribution in [0.15, 0.2) is 24.3 Å². The number of hydrogen-bond donors (Lipinski definition) is 2. The lowest BCUT2D eigenvalue weighted by Gasteiger charge is -1.90. The SMILES string of the molecule is O=C(O)Cc1cc2cccc(F)c2[nH]1. The Hall–Kier alpha value is -1.84. The van der Waals surface area contributed by atoms with Crippen molar-refractivity contribution in [2.24, 2.45) is 0 Å². The van der Waals surface area contributed by atoms with Crippen molar-refractivity contribution >= 4 is 16.9 Å². The third-order valence-corrected chi connectivity index (χ3v) is 2.00. The highest BCUT2D eigenvalue weighted by molar-refractivity contribution is 5.82. The van der Waals surface area contributed by atoms with Crippen LogP contribution >= 0.6 is 0 Å². The monoisotopic (exact) mass is 193 g/mol. The number of halogens is 1. The van der Waals surface area contributed by atoms with Crippen LogP contribution in [0.1, 0.15) is 5.69 Å². The second-order valence-electron chi connectivity index (χ2n) is 3.07. The van der Waals surface area contributed by atoms with Crippen LogP contribution in [0.3, 0.4) is 0 Å². The van der Waals surface area contributed by atoms with E-state index in [1.807, 2.05) is 0 Å². The zero-order chi connectivity index (χ0) is 10.1. The molecule has 0 bridgehead atoms. The topological polar surface area (TPSA) is 53.1 Å². The first-order valence-corrected chi connectivity index (χ1v) is 4.15. The molecule has 0 fully saturated rings. The molecule has 0 saturated carbocycles. The first-order valence-electron chi connectivity index (χ1n) is 4.15. The third-order valence-electron chi connectivity index (χ3n) is 2.00. The molecule has 1 aromatic heterocycles. The second kappa shape index (κ2) is 3.14. The fraction of sp³-hybridized carbons (Fsp3) is 0.100. The fourth-order valence-electron chi connectivity index (χ4n) is 1.44. The van der Waals surface area contributed by atoms with Gasteiger partial charge in [-0.3, -0.25) is 4.79 Å².